The Bertz CT molecular complexity index is 888. The molecule has 148 valence electrons. The molecule has 1 heterocycles. The minimum atomic E-state index is -1.64. The first-order valence-electron chi connectivity index (χ1n) is 8.85. The van der Waals surface area contributed by atoms with Crippen LogP contribution in [-0.4, -0.2) is 36.9 Å². The maximum absolute atomic E-state index is 13.6. The van der Waals surface area contributed by atoms with E-state index in [0.717, 1.165) is 30.8 Å². The van der Waals surface area contributed by atoms with E-state index < -0.39 is 23.5 Å². The molecule has 0 bridgehead atoms. The second kappa shape index (κ2) is 8.02. The highest BCUT2D eigenvalue weighted by molar-refractivity contribution is 6.02. The molecule has 0 saturated carbocycles. The number of nitrogens with two attached hydrogens (primary N) is 1. The van der Waals surface area contributed by atoms with E-state index in [-0.39, 0.29) is 23.1 Å². The lowest BCUT2D eigenvalue weighted by Gasteiger charge is -2.28. The van der Waals surface area contributed by atoms with E-state index >= 15 is 0 Å². The normalized spacial score (nSPS) is 15.4. The standard InChI is InChI=1S/C20H20F3N3O2/c1-25-7-5-12(6-8-25)19(27)13-3-2-4-14(9-13)26(20(24)28)15-10-16(21)18(23)17(22)11-15/h2-4,9-12H,5-8H2,1H3,(H2,24,28). The van der Waals surface area contributed by atoms with Gasteiger partial charge in [0.15, 0.2) is 23.2 Å². The van der Waals surface area contributed by atoms with Gasteiger partial charge in [0.1, 0.15) is 0 Å². The van der Waals surface area contributed by atoms with Crippen molar-refractivity contribution in [2.45, 2.75) is 12.8 Å². The Morgan fingerprint density at radius 2 is 1.64 bits per heavy atom. The van der Waals surface area contributed by atoms with Crippen LogP contribution in [0.1, 0.15) is 23.2 Å². The second-order valence-corrected chi connectivity index (χ2v) is 6.89. The van der Waals surface area contributed by atoms with Gasteiger partial charge in [0.05, 0.1) is 11.4 Å². The molecule has 0 spiro atoms. The molecule has 3 rings (SSSR count). The summed E-state index contributed by atoms with van der Waals surface area (Å²) in [7, 11) is 1.99. The van der Waals surface area contributed by atoms with Gasteiger partial charge in [0, 0.05) is 23.6 Å². The molecule has 0 aromatic heterocycles. The molecule has 2 aromatic carbocycles. The second-order valence-electron chi connectivity index (χ2n) is 6.89. The number of hydrogen-bond acceptors (Lipinski definition) is 3. The SMILES string of the molecule is CN1CCC(C(=O)c2cccc(N(C(N)=O)c3cc(F)c(F)c(F)c3)c2)CC1. The Morgan fingerprint density at radius 3 is 2.21 bits per heavy atom. The molecule has 0 radical (unpaired) electrons. The van der Waals surface area contributed by atoms with Crippen molar-refractivity contribution in [1.29, 1.82) is 0 Å². The fraction of sp³-hybridized carbons (Fsp3) is 0.300. The zero-order valence-corrected chi connectivity index (χ0v) is 15.3. The smallest absolute Gasteiger partial charge is 0.323 e. The fourth-order valence-electron chi connectivity index (χ4n) is 3.38. The zero-order valence-electron chi connectivity index (χ0n) is 15.3. The van der Waals surface area contributed by atoms with Crippen molar-refractivity contribution in [3.63, 3.8) is 0 Å². The molecule has 1 fully saturated rings. The van der Waals surface area contributed by atoms with E-state index in [1.165, 1.54) is 12.1 Å². The zero-order chi connectivity index (χ0) is 20.4. The number of carbonyl (C=O) groups excluding carboxylic acids is 2. The topological polar surface area (TPSA) is 66.6 Å². The van der Waals surface area contributed by atoms with Crippen LogP contribution in [-0.2, 0) is 0 Å². The van der Waals surface area contributed by atoms with Gasteiger partial charge in [-0.25, -0.2) is 18.0 Å². The van der Waals surface area contributed by atoms with Crippen LogP contribution in [0.2, 0.25) is 0 Å². The number of Topliss-reactive ketones (excluding diaryl/α,β-unsaturated/α-hetero) is 1. The monoisotopic (exact) mass is 391 g/mol. The lowest BCUT2D eigenvalue weighted by molar-refractivity contribution is 0.0857. The number of hydrogen-bond donors (Lipinski definition) is 1. The summed E-state index contributed by atoms with van der Waals surface area (Å²) in [5.74, 6) is -4.72. The van der Waals surface area contributed by atoms with Crippen LogP contribution in [0.25, 0.3) is 0 Å². The van der Waals surface area contributed by atoms with Gasteiger partial charge >= 0.3 is 6.03 Å². The lowest BCUT2D eigenvalue weighted by atomic mass is 9.89. The highest BCUT2D eigenvalue weighted by atomic mass is 19.2. The predicted molar refractivity (Wildman–Crippen MR) is 99.0 cm³/mol. The van der Waals surface area contributed by atoms with E-state index in [9.17, 15) is 22.8 Å². The number of rotatable bonds is 4. The third kappa shape index (κ3) is 4.01. The van der Waals surface area contributed by atoms with Gasteiger partial charge in [0.25, 0.3) is 0 Å². The fourth-order valence-corrected chi connectivity index (χ4v) is 3.38. The third-order valence-corrected chi connectivity index (χ3v) is 4.93. The van der Waals surface area contributed by atoms with E-state index in [1.54, 1.807) is 12.1 Å². The van der Waals surface area contributed by atoms with Gasteiger partial charge in [-0.2, -0.15) is 0 Å². The number of likely N-dealkylation sites (tertiary alicyclic amines) is 1. The summed E-state index contributed by atoms with van der Waals surface area (Å²) in [4.78, 5) is 27.7. The maximum Gasteiger partial charge on any atom is 0.323 e. The molecule has 1 aliphatic heterocycles. The molecular weight excluding hydrogens is 371 g/mol. The van der Waals surface area contributed by atoms with Crippen molar-refractivity contribution in [2.75, 3.05) is 25.0 Å². The summed E-state index contributed by atoms with van der Waals surface area (Å²) in [6.07, 6.45) is 1.46. The Balaban J connectivity index is 1.94. The van der Waals surface area contributed by atoms with E-state index in [4.69, 9.17) is 5.73 Å². The Labute approximate surface area is 160 Å². The summed E-state index contributed by atoms with van der Waals surface area (Å²) in [6, 6.07) is 6.44. The number of nitrogens with zero attached hydrogens (tertiary/aromatic N) is 2. The van der Waals surface area contributed by atoms with Crippen molar-refractivity contribution in [3.05, 3.63) is 59.4 Å². The number of ketones is 1. The number of anilines is 2. The minimum Gasteiger partial charge on any atom is -0.351 e. The minimum absolute atomic E-state index is 0.0594. The van der Waals surface area contributed by atoms with Gasteiger partial charge in [-0.3, -0.25) is 9.69 Å². The summed E-state index contributed by atoms with van der Waals surface area (Å²) in [5, 5.41) is 0. The number of urea groups is 1. The van der Waals surface area contributed by atoms with Crippen LogP contribution in [0, 0.1) is 23.4 Å². The Kier molecular flexibility index (Phi) is 5.69. The molecule has 0 atom stereocenters. The molecule has 8 heteroatoms. The number of halogens is 3. The Hall–Kier alpha value is -2.87. The van der Waals surface area contributed by atoms with Crippen LogP contribution in [0.4, 0.5) is 29.3 Å². The van der Waals surface area contributed by atoms with Crippen molar-refractivity contribution in [1.82, 2.24) is 4.90 Å². The summed E-state index contributed by atoms with van der Waals surface area (Å²) in [5.41, 5.74) is 5.65. The highest BCUT2D eigenvalue weighted by Crippen LogP contribution is 2.30. The van der Waals surface area contributed by atoms with E-state index in [2.05, 4.69) is 4.90 Å². The molecule has 28 heavy (non-hydrogen) atoms. The van der Waals surface area contributed by atoms with Gasteiger partial charge in [-0.15, -0.1) is 0 Å². The third-order valence-electron chi connectivity index (χ3n) is 4.93. The van der Waals surface area contributed by atoms with Crippen molar-refractivity contribution >= 4 is 23.2 Å². The molecular formula is C20H20F3N3O2. The molecule has 2 amide bonds. The largest absolute Gasteiger partial charge is 0.351 e. The molecule has 2 aromatic rings. The van der Waals surface area contributed by atoms with Crippen LogP contribution in [0.15, 0.2) is 36.4 Å². The first-order chi connectivity index (χ1) is 13.3. The number of amides is 2. The summed E-state index contributed by atoms with van der Waals surface area (Å²) < 4.78 is 40.5. The molecule has 2 N–H and O–H groups in total. The first kappa shape index (κ1) is 19.9. The van der Waals surface area contributed by atoms with Crippen LogP contribution in [0.5, 0.6) is 0 Å². The van der Waals surface area contributed by atoms with Gasteiger partial charge in [0.2, 0.25) is 0 Å². The molecule has 0 aliphatic carbocycles. The Morgan fingerprint density at radius 1 is 1.04 bits per heavy atom. The number of piperidine rings is 1. The maximum atomic E-state index is 13.6. The van der Waals surface area contributed by atoms with E-state index in [1.807, 2.05) is 7.05 Å². The van der Waals surface area contributed by atoms with Gasteiger partial charge < -0.3 is 10.6 Å². The molecule has 1 aliphatic rings. The summed E-state index contributed by atoms with van der Waals surface area (Å²) >= 11 is 0. The summed E-state index contributed by atoms with van der Waals surface area (Å²) in [6.45, 7) is 1.63. The molecule has 1 saturated heterocycles. The van der Waals surface area contributed by atoms with Crippen molar-refractivity contribution in [3.8, 4) is 0 Å². The van der Waals surface area contributed by atoms with E-state index in [0.29, 0.717) is 17.7 Å². The predicted octanol–water partition coefficient (Wildman–Crippen LogP) is 3.85. The quantitative estimate of drug-likeness (QED) is 0.636. The average molecular weight is 391 g/mol. The van der Waals surface area contributed by atoms with Gasteiger partial charge in [-0.1, -0.05) is 12.1 Å². The highest BCUT2D eigenvalue weighted by Gasteiger charge is 2.26. The van der Waals surface area contributed by atoms with Gasteiger partial charge in [-0.05, 0) is 45.1 Å². The number of carbonyl (C=O) groups is 2. The average Bonchev–Trinajstić information content (AvgIpc) is 2.66. The van der Waals surface area contributed by atoms with Crippen LogP contribution < -0.4 is 10.6 Å². The van der Waals surface area contributed by atoms with Crippen LogP contribution in [0.3, 0.4) is 0 Å². The number of benzene rings is 2. The lowest BCUT2D eigenvalue weighted by Crippen LogP contribution is -2.34. The molecule has 5 nitrogen and oxygen atoms in total. The van der Waals surface area contributed by atoms with Crippen LogP contribution >= 0.6 is 0 Å². The van der Waals surface area contributed by atoms with Crippen molar-refractivity contribution < 1.29 is 22.8 Å². The molecule has 0 unspecified atom stereocenters. The first-order valence-corrected chi connectivity index (χ1v) is 8.85. The van der Waals surface area contributed by atoms with Crippen molar-refractivity contribution in [2.24, 2.45) is 11.7 Å². The number of primary amides is 1.